The van der Waals surface area contributed by atoms with E-state index in [-0.39, 0.29) is 0 Å². The average Bonchev–Trinajstić information content (AvgIpc) is 3.32. The lowest BCUT2D eigenvalue weighted by Crippen LogP contribution is -2.27. The van der Waals surface area contributed by atoms with Crippen molar-refractivity contribution in [3.05, 3.63) is 109 Å². The van der Waals surface area contributed by atoms with Crippen molar-refractivity contribution in [2.75, 3.05) is 6.54 Å². The number of rotatable bonds is 8. The number of aromatic amines is 1. The van der Waals surface area contributed by atoms with Gasteiger partial charge in [-0.2, -0.15) is 0 Å². The Balaban J connectivity index is 1.17. The van der Waals surface area contributed by atoms with Crippen molar-refractivity contribution in [3.63, 3.8) is 0 Å². The third-order valence-electron chi connectivity index (χ3n) is 5.52. The van der Waals surface area contributed by atoms with Crippen LogP contribution in [0.25, 0.3) is 22.4 Å². The molecule has 0 aliphatic heterocycles. The van der Waals surface area contributed by atoms with E-state index in [9.17, 15) is 4.79 Å². The van der Waals surface area contributed by atoms with E-state index < -0.39 is 6.09 Å². The molecule has 4 aromatic carbocycles. The zero-order valence-electron chi connectivity index (χ0n) is 19.1. The first kappa shape index (κ1) is 22.2. The van der Waals surface area contributed by atoms with Crippen LogP contribution in [0.15, 0.2) is 103 Å². The second kappa shape index (κ2) is 10.6. The Hall–Kier alpha value is -4.58. The van der Waals surface area contributed by atoms with Crippen LogP contribution in [0.1, 0.15) is 12.0 Å². The molecule has 0 aliphatic carbocycles. The summed E-state index contributed by atoms with van der Waals surface area (Å²) in [4.78, 5) is 20.1. The van der Waals surface area contributed by atoms with E-state index in [4.69, 9.17) is 9.47 Å². The van der Waals surface area contributed by atoms with Crippen molar-refractivity contribution in [1.29, 1.82) is 0 Å². The van der Waals surface area contributed by atoms with Crippen molar-refractivity contribution in [2.24, 2.45) is 0 Å². The van der Waals surface area contributed by atoms with Gasteiger partial charge in [-0.1, -0.05) is 48.5 Å². The zero-order chi connectivity index (χ0) is 23.9. The first-order valence-corrected chi connectivity index (χ1v) is 11.6. The Morgan fingerprint density at radius 1 is 0.800 bits per heavy atom. The fraction of sp³-hybridized carbons (Fsp3) is 0.103. The van der Waals surface area contributed by atoms with Gasteiger partial charge in [0.15, 0.2) is 0 Å². The number of nitrogens with zero attached hydrogens (tertiary/aromatic N) is 1. The summed E-state index contributed by atoms with van der Waals surface area (Å²) >= 11 is 0. The van der Waals surface area contributed by atoms with Gasteiger partial charge in [0.25, 0.3) is 0 Å². The van der Waals surface area contributed by atoms with E-state index in [1.54, 1.807) is 12.1 Å². The van der Waals surface area contributed by atoms with E-state index in [0.29, 0.717) is 12.3 Å². The second-order valence-corrected chi connectivity index (χ2v) is 8.11. The van der Waals surface area contributed by atoms with Crippen LogP contribution >= 0.6 is 0 Å². The maximum Gasteiger partial charge on any atom is 0.412 e. The van der Waals surface area contributed by atoms with E-state index >= 15 is 0 Å². The summed E-state index contributed by atoms with van der Waals surface area (Å²) < 4.78 is 11.3. The van der Waals surface area contributed by atoms with Gasteiger partial charge in [0, 0.05) is 18.2 Å². The van der Waals surface area contributed by atoms with Crippen molar-refractivity contribution in [2.45, 2.75) is 12.8 Å². The van der Waals surface area contributed by atoms with Crippen molar-refractivity contribution < 1.29 is 14.3 Å². The van der Waals surface area contributed by atoms with Gasteiger partial charge in [-0.05, 0) is 66.9 Å². The number of para-hydroxylation sites is 1. The zero-order valence-corrected chi connectivity index (χ0v) is 19.1. The molecule has 2 N–H and O–H groups in total. The normalized spacial score (nSPS) is 10.7. The lowest BCUT2D eigenvalue weighted by molar-refractivity contribution is 0.200. The summed E-state index contributed by atoms with van der Waals surface area (Å²) in [6, 6.07) is 32.9. The molecule has 6 heteroatoms. The van der Waals surface area contributed by atoms with Crippen LogP contribution in [0.3, 0.4) is 0 Å². The van der Waals surface area contributed by atoms with Gasteiger partial charge >= 0.3 is 6.09 Å². The standard InChI is InChI=1S/C29H25N3O3/c33-29(30-19-7-10-21-8-3-1-4-9-21)35-25-17-18-26-27(20-25)32-28(31-26)22-13-15-24(16-14-22)34-23-11-5-2-6-12-23/h1-6,8-9,11-18,20H,7,10,19H2,(H,30,33)(H,31,32). The van der Waals surface area contributed by atoms with Crippen LogP contribution < -0.4 is 14.8 Å². The maximum atomic E-state index is 12.2. The smallest absolute Gasteiger partial charge is 0.412 e. The Bertz CT molecular complexity index is 1400. The number of hydrogen-bond donors (Lipinski definition) is 2. The summed E-state index contributed by atoms with van der Waals surface area (Å²) in [6.45, 7) is 0.550. The largest absolute Gasteiger partial charge is 0.457 e. The molecule has 5 aromatic rings. The number of aromatic nitrogens is 2. The lowest BCUT2D eigenvalue weighted by atomic mass is 10.1. The number of ether oxygens (including phenoxy) is 2. The van der Waals surface area contributed by atoms with Crippen LogP contribution in [0.4, 0.5) is 4.79 Å². The topological polar surface area (TPSA) is 76.2 Å². The molecule has 0 bridgehead atoms. The number of H-pyrrole nitrogens is 1. The Morgan fingerprint density at radius 3 is 2.26 bits per heavy atom. The molecule has 0 aliphatic rings. The summed E-state index contributed by atoms with van der Waals surface area (Å²) in [7, 11) is 0. The minimum Gasteiger partial charge on any atom is -0.457 e. The summed E-state index contributed by atoms with van der Waals surface area (Å²) in [5.74, 6) is 2.73. The van der Waals surface area contributed by atoms with E-state index in [1.807, 2.05) is 78.9 Å². The molecular formula is C29H25N3O3. The van der Waals surface area contributed by atoms with Crippen LogP contribution in [0, 0.1) is 0 Å². The average molecular weight is 464 g/mol. The van der Waals surface area contributed by atoms with Gasteiger partial charge in [0.2, 0.25) is 0 Å². The first-order chi connectivity index (χ1) is 17.2. The number of imidazole rings is 1. The van der Waals surface area contributed by atoms with Gasteiger partial charge in [-0.25, -0.2) is 9.78 Å². The van der Waals surface area contributed by atoms with Crippen LogP contribution in [-0.4, -0.2) is 22.6 Å². The maximum absolute atomic E-state index is 12.2. The highest BCUT2D eigenvalue weighted by molar-refractivity contribution is 5.82. The molecule has 0 radical (unpaired) electrons. The highest BCUT2D eigenvalue weighted by Crippen LogP contribution is 2.27. The number of aryl methyl sites for hydroxylation is 1. The van der Waals surface area contributed by atoms with Crippen molar-refractivity contribution >= 4 is 17.1 Å². The molecule has 1 aromatic heterocycles. The molecule has 35 heavy (non-hydrogen) atoms. The predicted molar refractivity (Wildman–Crippen MR) is 137 cm³/mol. The number of benzene rings is 4. The minimum absolute atomic E-state index is 0.458. The molecule has 174 valence electrons. The number of amides is 1. The molecular weight excluding hydrogens is 438 g/mol. The Kier molecular flexibility index (Phi) is 6.71. The van der Waals surface area contributed by atoms with Gasteiger partial charge in [-0.3, -0.25) is 0 Å². The molecule has 0 saturated carbocycles. The number of fused-ring (bicyclic) bond motifs is 1. The number of nitrogens with one attached hydrogen (secondary N) is 2. The van der Waals surface area contributed by atoms with Crippen molar-refractivity contribution in [1.82, 2.24) is 15.3 Å². The molecule has 1 amide bonds. The quantitative estimate of drug-likeness (QED) is 0.250. The third-order valence-corrected chi connectivity index (χ3v) is 5.52. The SMILES string of the molecule is O=C(NCCCc1ccccc1)Oc1ccc2nc(-c3ccc(Oc4ccccc4)cc3)[nH]c2c1. The number of carbonyl (C=O) groups excluding carboxylic acids is 1. The third kappa shape index (κ3) is 5.86. The Morgan fingerprint density at radius 2 is 1.49 bits per heavy atom. The highest BCUT2D eigenvalue weighted by Gasteiger charge is 2.09. The first-order valence-electron chi connectivity index (χ1n) is 11.6. The number of hydrogen-bond acceptors (Lipinski definition) is 4. The Labute approximate surface area is 203 Å². The summed E-state index contributed by atoms with van der Waals surface area (Å²) in [5.41, 5.74) is 3.76. The van der Waals surface area contributed by atoms with Crippen LogP contribution in [-0.2, 0) is 6.42 Å². The van der Waals surface area contributed by atoms with Gasteiger partial charge < -0.3 is 19.8 Å². The van der Waals surface area contributed by atoms with E-state index in [1.165, 1.54) is 5.56 Å². The molecule has 0 atom stereocenters. The second-order valence-electron chi connectivity index (χ2n) is 8.11. The molecule has 1 heterocycles. The molecule has 0 fully saturated rings. The minimum atomic E-state index is -0.467. The highest BCUT2D eigenvalue weighted by atomic mass is 16.6. The number of carbonyl (C=O) groups is 1. The van der Waals surface area contributed by atoms with Gasteiger partial charge in [-0.15, -0.1) is 0 Å². The van der Waals surface area contributed by atoms with Gasteiger partial charge in [0.05, 0.1) is 11.0 Å². The molecule has 5 rings (SSSR count). The lowest BCUT2D eigenvalue weighted by Gasteiger charge is -2.06. The van der Waals surface area contributed by atoms with E-state index in [2.05, 4.69) is 27.4 Å². The van der Waals surface area contributed by atoms with E-state index in [0.717, 1.165) is 46.8 Å². The molecule has 6 nitrogen and oxygen atoms in total. The molecule has 0 saturated heterocycles. The summed E-state index contributed by atoms with van der Waals surface area (Å²) in [5, 5.41) is 2.80. The summed E-state index contributed by atoms with van der Waals surface area (Å²) in [6.07, 6.45) is 1.28. The van der Waals surface area contributed by atoms with Crippen LogP contribution in [0.2, 0.25) is 0 Å². The molecule has 0 spiro atoms. The molecule has 0 unspecified atom stereocenters. The van der Waals surface area contributed by atoms with Crippen molar-refractivity contribution in [3.8, 4) is 28.6 Å². The fourth-order valence-electron chi connectivity index (χ4n) is 3.77. The fourth-order valence-corrected chi connectivity index (χ4v) is 3.77. The van der Waals surface area contributed by atoms with Gasteiger partial charge in [0.1, 0.15) is 23.1 Å². The monoisotopic (exact) mass is 463 g/mol. The van der Waals surface area contributed by atoms with Crippen LogP contribution in [0.5, 0.6) is 17.2 Å². The predicted octanol–water partition coefficient (Wildman–Crippen LogP) is 6.74.